The number of aromatic nitrogens is 10. The van der Waals surface area contributed by atoms with Crippen molar-refractivity contribution in [3.8, 4) is 45.3 Å². The number of nitrogens with zero attached hydrogens (tertiary/aromatic N) is 8. The third kappa shape index (κ3) is 11.6. The average molecular weight is 1040 g/mol. The molecule has 16 heteroatoms. The highest BCUT2D eigenvalue weighted by atomic mass is 35.5. The molecule has 0 saturated carbocycles. The van der Waals surface area contributed by atoms with Crippen molar-refractivity contribution in [3.05, 3.63) is 238 Å². The summed E-state index contributed by atoms with van der Waals surface area (Å²) in [4.78, 5) is 42.5. The maximum atomic E-state index is 14.7. The summed E-state index contributed by atoms with van der Waals surface area (Å²) < 4.78 is 54.2. The van der Waals surface area contributed by atoms with E-state index in [2.05, 4.69) is 52.0 Å². The van der Waals surface area contributed by atoms with Gasteiger partial charge in [-0.15, -0.1) is 0 Å². The van der Waals surface area contributed by atoms with Gasteiger partial charge in [-0.25, -0.2) is 14.4 Å². The molecule has 0 spiro atoms. The Morgan fingerprint density at radius 2 is 0.973 bits per heavy atom. The summed E-state index contributed by atoms with van der Waals surface area (Å²) in [5, 5.41) is 3.21. The highest BCUT2D eigenvalue weighted by molar-refractivity contribution is 6.35. The Hall–Kier alpha value is -8.72. The number of pyridine rings is 4. The number of fused-ring (bicyclic) bond motifs is 3. The molecule has 7 heterocycles. The number of benzene rings is 5. The van der Waals surface area contributed by atoms with E-state index in [4.69, 9.17) is 33.2 Å². The molecule has 370 valence electrons. The zero-order chi connectivity index (χ0) is 52.1. The molecule has 0 bridgehead atoms. The van der Waals surface area contributed by atoms with Gasteiger partial charge in [-0.3, -0.25) is 29.9 Å². The minimum atomic E-state index is -4.77. The van der Waals surface area contributed by atoms with E-state index in [-0.39, 0.29) is 12.0 Å². The molecule has 0 fully saturated rings. The van der Waals surface area contributed by atoms with Gasteiger partial charge >= 0.3 is 6.18 Å². The van der Waals surface area contributed by atoms with Crippen LogP contribution in [-0.4, -0.2) is 49.8 Å². The molecule has 12 aromatic rings. The van der Waals surface area contributed by atoms with Crippen molar-refractivity contribution in [2.45, 2.75) is 32.9 Å². The van der Waals surface area contributed by atoms with Crippen molar-refractivity contribution in [1.82, 2.24) is 49.8 Å². The predicted octanol–water partition coefficient (Wildman–Crippen LogP) is 15.3. The fourth-order valence-corrected chi connectivity index (χ4v) is 8.96. The number of nitrogens with one attached hydrogen (secondary N) is 2. The van der Waals surface area contributed by atoms with E-state index in [1.165, 1.54) is 12.1 Å². The van der Waals surface area contributed by atoms with E-state index in [9.17, 15) is 17.6 Å². The molecule has 0 aliphatic rings. The zero-order valence-corrected chi connectivity index (χ0v) is 41.6. The highest BCUT2D eigenvalue weighted by Gasteiger charge is 2.35. The third-order valence-corrected chi connectivity index (χ3v) is 12.6. The molecule has 0 aliphatic carbocycles. The van der Waals surface area contributed by atoms with E-state index < -0.39 is 17.6 Å². The zero-order valence-electron chi connectivity index (χ0n) is 40.1. The molecule has 0 atom stereocenters. The third-order valence-electron chi connectivity index (χ3n) is 12.0. The highest BCUT2D eigenvalue weighted by Crippen LogP contribution is 2.36. The van der Waals surface area contributed by atoms with Crippen molar-refractivity contribution in [2.75, 3.05) is 0 Å². The first kappa shape index (κ1) is 49.8. The van der Waals surface area contributed by atoms with Crippen LogP contribution < -0.4 is 0 Å². The fourth-order valence-electron chi connectivity index (χ4n) is 8.48. The minimum Gasteiger partial charge on any atom is -0.340 e. The Morgan fingerprint density at radius 3 is 1.48 bits per heavy atom. The molecule has 7 aromatic heterocycles. The van der Waals surface area contributed by atoms with Gasteiger partial charge in [-0.1, -0.05) is 89.9 Å². The van der Waals surface area contributed by atoms with Gasteiger partial charge in [0.15, 0.2) is 0 Å². The number of para-hydroxylation sites is 2. The van der Waals surface area contributed by atoms with Crippen LogP contribution in [0.25, 0.3) is 78.1 Å². The van der Waals surface area contributed by atoms with Crippen molar-refractivity contribution in [3.63, 3.8) is 0 Å². The van der Waals surface area contributed by atoms with Gasteiger partial charge < -0.3 is 9.97 Å². The van der Waals surface area contributed by atoms with Crippen molar-refractivity contribution in [2.24, 2.45) is 0 Å². The SMILES string of the molecule is Cc1cccc(-c2[nH]c(Cc3ccc(Cl)cc3Cl)nc2-c2ccc3ncccc3c2)n1.Cc1cccc(-c2[nH]c(Cc3cccc(C(F)(F)F)c3F)nc2-c2ccc3ncccc3c2)n1.c1ccc2nccnc2c1. The van der Waals surface area contributed by atoms with Gasteiger partial charge in [0.1, 0.15) is 17.5 Å². The Labute approximate surface area is 437 Å². The van der Waals surface area contributed by atoms with Crippen LogP contribution in [0.2, 0.25) is 10.0 Å². The Kier molecular flexibility index (Phi) is 14.5. The molecular formula is C59H42Cl2F4N10. The lowest BCUT2D eigenvalue weighted by atomic mass is 10.1. The minimum absolute atomic E-state index is 0.0958. The maximum Gasteiger partial charge on any atom is 0.419 e. The molecule has 0 unspecified atom stereocenters. The fraction of sp³-hybridized carbons (Fsp3) is 0.0847. The lowest BCUT2D eigenvalue weighted by molar-refractivity contribution is -0.140. The second-order valence-electron chi connectivity index (χ2n) is 17.4. The summed E-state index contributed by atoms with van der Waals surface area (Å²) in [5.41, 5.74) is 11.2. The quantitative estimate of drug-likeness (QED) is 0.144. The Balaban J connectivity index is 0.000000144. The van der Waals surface area contributed by atoms with E-state index in [0.717, 1.165) is 89.9 Å². The normalized spacial score (nSPS) is 11.3. The molecule has 75 heavy (non-hydrogen) atoms. The van der Waals surface area contributed by atoms with Gasteiger partial charge in [0.2, 0.25) is 0 Å². The van der Waals surface area contributed by atoms with E-state index in [1.54, 1.807) is 30.9 Å². The largest absolute Gasteiger partial charge is 0.419 e. The summed E-state index contributed by atoms with van der Waals surface area (Å²) in [5.74, 6) is -0.151. The molecule has 0 amide bonds. The number of H-pyrrole nitrogens is 2. The van der Waals surface area contributed by atoms with E-state index in [0.29, 0.717) is 39.4 Å². The van der Waals surface area contributed by atoms with E-state index in [1.807, 2.05) is 135 Å². The number of imidazole rings is 2. The second kappa shape index (κ2) is 21.8. The molecule has 10 nitrogen and oxygen atoms in total. The Bertz CT molecular complexity index is 3940. The Morgan fingerprint density at radius 1 is 0.467 bits per heavy atom. The summed E-state index contributed by atoms with van der Waals surface area (Å²) in [6.07, 6.45) is 2.55. The second-order valence-corrected chi connectivity index (χ2v) is 18.2. The van der Waals surface area contributed by atoms with Crippen molar-refractivity contribution < 1.29 is 17.6 Å². The van der Waals surface area contributed by atoms with Gasteiger partial charge in [-0.05, 0) is 116 Å². The molecule has 0 radical (unpaired) electrons. The van der Waals surface area contributed by atoms with Gasteiger partial charge in [0, 0.05) is 81.0 Å². The van der Waals surface area contributed by atoms with Crippen LogP contribution in [0.1, 0.15) is 39.7 Å². The number of halogens is 6. The number of aryl methyl sites for hydroxylation is 2. The predicted molar refractivity (Wildman–Crippen MR) is 288 cm³/mol. The number of hydrogen-bond donors (Lipinski definition) is 2. The molecule has 2 N–H and O–H groups in total. The maximum absolute atomic E-state index is 14.7. The van der Waals surface area contributed by atoms with Crippen LogP contribution in [0.4, 0.5) is 17.6 Å². The lowest BCUT2D eigenvalue weighted by Gasteiger charge is -2.10. The number of rotatable bonds is 8. The topological polar surface area (TPSA) is 135 Å². The van der Waals surface area contributed by atoms with E-state index >= 15 is 0 Å². The van der Waals surface area contributed by atoms with Crippen molar-refractivity contribution >= 4 is 56.0 Å². The molecule has 0 saturated heterocycles. The molecule has 5 aromatic carbocycles. The number of hydrogen-bond acceptors (Lipinski definition) is 8. The average Bonchev–Trinajstić information content (AvgIpc) is 4.06. The first-order chi connectivity index (χ1) is 36.3. The van der Waals surface area contributed by atoms with Crippen LogP contribution in [-0.2, 0) is 19.0 Å². The summed E-state index contributed by atoms with van der Waals surface area (Å²) in [7, 11) is 0. The molecule has 0 aliphatic heterocycles. The summed E-state index contributed by atoms with van der Waals surface area (Å²) in [6, 6.07) is 47.7. The van der Waals surface area contributed by atoms with Crippen molar-refractivity contribution in [1.29, 1.82) is 0 Å². The summed E-state index contributed by atoms with van der Waals surface area (Å²) in [6.45, 7) is 3.84. The number of aromatic amines is 2. The monoisotopic (exact) mass is 1040 g/mol. The van der Waals surface area contributed by atoms with Gasteiger partial charge in [0.25, 0.3) is 0 Å². The first-order valence-electron chi connectivity index (χ1n) is 23.5. The van der Waals surface area contributed by atoms with Crippen LogP contribution in [0.5, 0.6) is 0 Å². The van der Waals surface area contributed by atoms with Crippen LogP contribution >= 0.6 is 23.2 Å². The standard InChI is InChI=1S/C26H18F4N4.C25H18Cl2N4.C8H6N2/c1-15-5-2-9-21(32-15)25-24(18-10-11-20-16(13-18)7-4-12-31-20)33-22(34-25)14-17-6-3-8-19(23(17)27)26(28,29)30;1-15-4-2-6-22(29-15)25-24(18-8-10-21-17(12-18)5-3-11-28-21)30-23(31-25)13-16-7-9-19(26)14-20(16)27;1-2-4-8-7(3-1)9-5-6-10-8/h2-13H,14H2,1H3,(H,33,34);2-12,14H,13H2,1H3,(H,30,31);1-6H. The van der Waals surface area contributed by atoms with Gasteiger partial charge in [-0.2, -0.15) is 13.2 Å². The lowest BCUT2D eigenvalue weighted by Crippen LogP contribution is -2.10. The van der Waals surface area contributed by atoms with Crippen LogP contribution in [0.3, 0.4) is 0 Å². The first-order valence-corrected chi connectivity index (χ1v) is 24.3. The summed E-state index contributed by atoms with van der Waals surface area (Å²) >= 11 is 12.5. The smallest absolute Gasteiger partial charge is 0.340 e. The van der Waals surface area contributed by atoms with Gasteiger partial charge in [0.05, 0.1) is 61.8 Å². The molecular weight excluding hydrogens is 996 g/mol. The van der Waals surface area contributed by atoms with Crippen LogP contribution in [0, 0.1) is 19.7 Å². The van der Waals surface area contributed by atoms with Crippen LogP contribution in [0.15, 0.2) is 183 Å². The number of alkyl halides is 3. The molecule has 12 rings (SSSR count).